The van der Waals surface area contributed by atoms with Gasteiger partial charge in [0, 0.05) is 11.6 Å². The van der Waals surface area contributed by atoms with Gasteiger partial charge in [-0.25, -0.2) is 10.4 Å². The van der Waals surface area contributed by atoms with E-state index in [1.807, 2.05) is 6.92 Å². The van der Waals surface area contributed by atoms with Crippen LogP contribution < -0.4 is 25.4 Å². The maximum Gasteiger partial charge on any atom is 0.283 e. The Balaban J connectivity index is 2.20. The molecule has 9 heteroatoms. The Bertz CT molecular complexity index is 789. The summed E-state index contributed by atoms with van der Waals surface area (Å²) in [6, 6.07) is 3.39. The van der Waals surface area contributed by atoms with Crippen molar-refractivity contribution in [1.29, 1.82) is 0 Å². The summed E-state index contributed by atoms with van der Waals surface area (Å²) in [5.41, 5.74) is 9.40. The number of nitrogens with zero attached hydrogens (tertiary/aromatic N) is 2. The lowest BCUT2D eigenvalue weighted by atomic mass is 10.2. The van der Waals surface area contributed by atoms with Gasteiger partial charge in [-0.3, -0.25) is 4.79 Å². The fourth-order valence-corrected chi connectivity index (χ4v) is 2.96. The number of hydrazone groups is 1. The van der Waals surface area contributed by atoms with Crippen molar-refractivity contribution in [2.45, 2.75) is 13.3 Å². The lowest BCUT2D eigenvalue weighted by molar-refractivity contribution is 0.0958. The smallest absolute Gasteiger partial charge is 0.283 e. The standard InChI is InChI=1S/C16H20N4O4S/c1-5-10-14(25-16(17)19-10)15(21)20-18-8-9-6-12(23-3)13(24-4)7-11(9)22-2/h6-8H,5H2,1-4H3,(H2,17,19)(H,20,21). The summed E-state index contributed by atoms with van der Waals surface area (Å²) in [5, 5.41) is 4.33. The van der Waals surface area contributed by atoms with Crippen molar-refractivity contribution in [2.24, 2.45) is 5.10 Å². The Morgan fingerprint density at radius 2 is 1.88 bits per heavy atom. The van der Waals surface area contributed by atoms with Crippen LogP contribution in [0.2, 0.25) is 0 Å². The largest absolute Gasteiger partial charge is 0.496 e. The number of aryl methyl sites for hydroxylation is 1. The van der Waals surface area contributed by atoms with Crippen molar-refractivity contribution in [2.75, 3.05) is 27.1 Å². The number of methoxy groups -OCH3 is 3. The second kappa shape index (κ2) is 8.34. The second-order valence-corrected chi connectivity index (χ2v) is 5.86. The molecule has 0 fully saturated rings. The minimum absolute atomic E-state index is 0.354. The van der Waals surface area contributed by atoms with E-state index in [1.54, 1.807) is 12.1 Å². The zero-order valence-electron chi connectivity index (χ0n) is 14.5. The average Bonchev–Trinajstić information content (AvgIpc) is 3.02. The van der Waals surface area contributed by atoms with Crippen molar-refractivity contribution in [3.63, 3.8) is 0 Å². The minimum atomic E-state index is -0.359. The number of hydrogen-bond acceptors (Lipinski definition) is 8. The van der Waals surface area contributed by atoms with Gasteiger partial charge in [0.1, 0.15) is 10.6 Å². The van der Waals surface area contributed by atoms with Crippen LogP contribution in [0.25, 0.3) is 0 Å². The third-order valence-corrected chi connectivity index (χ3v) is 4.29. The number of nitrogens with one attached hydrogen (secondary N) is 1. The van der Waals surface area contributed by atoms with Crippen molar-refractivity contribution >= 4 is 28.6 Å². The first kappa shape index (κ1) is 18.5. The molecular weight excluding hydrogens is 344 g/mol. The van der Waals surface area contributed by atoms with E-state index in [-0.39, 0.29) is 5.91 Å². The highest BCUT2D eigenvalue weighted by Crippen LogP contribution is 2.33. The van der Waals surface area contributed by atoms with Gasteiger partial charge in [0.05, 0.1) is 33.2 Å². The van der Waals surface area contributed by atoms with E-state index in [0.717, 1.165) is 11.3 Å². The third kappa shape index (κ3) is 4.18. The third-order valence-electron chi connectivity index (χ3n) is 3.36. The monoisotopic (exact) mass is 364 g/mol. The molecule has 2 aromatic rings. The molecule has 0 aliphatic heterocycles. The van der Waals surface area contributed by atoms with Gasteiger partial charge in [-0.1, -0.05) is 18.3 Å². The quantitative estimate of drug-likeness (QED) is 0.575. The highest BCUT2D eigenvalue weighted by molar-refractivity contribution is 7.17. The molecule has 0 radical (unpaired) electrons. The molecule has 0 aliphatic carbocycles. The summed E-state index contributed by atoms with van der Waals surface area (Å²) < 4.78 is 15.8. The normalized spacial score (nSPS) is 10.7. The number of nitrogens with two attached hydrogens (primary N) is 1. The van der Waals surface area contributed by atoms with Crippen molar-refractivity contribution in [3.8, 4) is 17.2 Å². The molecule has 0 saturated heterocycles. The molecule has 0 saturated carbocycles. The first-order chi connectivity index (χ1) is 12.0. The number of aromatic nitrogens is 1. The van der Waals surface area contributed by atoms with Crippen LogP contribution in [0.4, 0.5) is 5.13 Å². The first-order valence-corrected chi connectivity index (χ1v) is 8.24. The van der Waals surface area contributed by atoms with Crippen LogP contribution in [-0.4, -0.2) is 38.4 Å². The molecule has 0 atom stereocenters. The summed E-state index contributed by atoms with van der Waals surface area (Å²) in [6.45, 7) is 1.91. The lowest BCUT2D eigenvalue weighted by Crippen LogP contribution is -2.17. The van der Waals surface area contributed by atoms with Crippen molar-refractivity contribution in [1.82, 2.24) is 10.4 Å². The van der Waals surface area contributed by atoms with E-state index in [1.165, 1.54) is 27.5 Å². The van der Waals surface area contributed by atoms with Crippen LogP contribution >= 0.6 is 11.3 Å². The van der Waals surface area contributed by atoms with Gasteiger partial charge < -0.3 is 19.9 Å². The number of rotatable bonds is 7. The Morgan fingerprint density at radius 3 is 2.48 bits per heavy atom. The van der Waals surface area contributed by atoms with E-state index in [0.29, 0.717) is 44.9 Å². The molecule has 25 heavy (non-hydrogen) atoms. The van der Waals surface area contributed by atoms with Gasteiger partial charge in [-0.15, -0.1) is 0 Å². The summed E-state index contributed by atoms with van der Waals surface area (Å²) >= 11 is 1.13. The number of carbonyl (C=O) groups excluding carboxylic acids is 1. The molecule has 3 N–H and O–H groups in total. The number of anilines is 1. The fraction of sp³-hybridized carbons (Fsp3) is 0.312. The Morgan fingerprint density at radius 1 is 1.24 bits per heavy atom. The lowest BCUT2D eigenvalue weighted by Gasteiger charge is -2.11. The van der Waals surface area contributed by atoms with Gasteiger partial charge in [0.15, 0.2) is 16.6 Å². The molecule has 0 aliphatic rings. The maximum atomic E-state index is 12.2. The fourth-order valence-electron chi connectivity index (χ4n) is 2.15. The molecule has 1 aromatic heterocycles. The molecule has 134 valence electrons. The summed E-state index contributed by atoms with van der Waals surface area (Å²) in [4.78, 5) is 16.8. The van der Waals surface area contributed by atoms with Gasteiger partial charge in [0.25, 0.3) is 5.91 Å². The molecule has 1 heterocycles. The molecule has 0 bridgehead atoms. The number of carbonyl (C=O) groups is 1. The molecule has 1 aromatic carbocycles. The van der Waals surface area contributed by atoms with Gasteiger partial charge >= 0.3 is 0 Å². The zero-order valence-corrected chi connectivity index (χ0v) is 15.3. The van der Waals surface area contributed by atoms with Crippen LogP contribution in [-0.2, 0) is 6.42 Å². The van der Waals surface area contributed by atoms with Crippen molar-refractivity contribution in [3.05, 3.63) is 28.3 Å². The van der Waals surface area contributed by atoms with Crippen LogP contribution in [0, 0.1) is 0 Å². The van der Waals surface area contributed by atoms with Crippen LogP contribution in [0.1, 0.15) is 27.9 Å². The van der Waals surface area contributed by atoms with E-state index < -0.39 is 0 Å². The topological polar surface area (TPSA) is 108 Å². The molecule has 0 spiro atoms. The zero-order chi connectivity index (χ0) is 18.4. The Labute approximate surface area is 149 Å². The van der Waals surface area contributed by atoms with E-state index in [2.05, 4.69) is 15.5 Å². The molecule has 0 unspecified atom stereocenters. The highest BCUT2D eigenvalue weighted by Gasteiger charge is 2.15. The maximum absolute atomic E-state index is 12.2. The van der Waals surface area contributed by atoms with Gasteiger partial charge in [-0.05, 0) is 12.5 Å². The first-order valence-electron chi connectivity index (χ1n) is 7.42. The van der Waals surface area contributed by atoms with Crippen LogP contribution in [0.3, 0.4) is 0 Å². The van der Waals surface area contributed by atoms with E-state index in [9.17, 15) is 4.79 Å². The molecular formula is C16H20N4O4S. The number of thiazole rings is 1. The van der Waals surface area contributed by atoms with E-state index in [4.69, 9.17) is 19.9 Å². The Hall–Kier alpha value is -2.81. The number of ether oxygens (including phenoxy) is 3. The van der Waals surface area contributed by atoms with Crippen molar-refractivity contribution < 1.29 is 19.0 Å². The average molecular weight is 364 g/mol. The number of amides is 1. The van der Waals surface area contributed by atoms with Gasteiger partial charge in [0.2, 0.25) is 0 Å². The summed E-state index contributed by atoms with van der Waals surface area (Å²) in [6.07, 6.45) is 2.08. The minimum Gasteiger partial charge on any atom is -0.496 e. The van der Waals surface area contributed by atoms with Crippen LogP contribution in [0.5, 0.6) is 17.2 Å². The summed E-state index contributed by atoms with van der Waals surface area (Å²) in [7, 11) is 4.61. The molecule has 2 rings (SSSR count). The van der Waals surface area contributed by atoms with Crippen LogP contribution in [0.15, 0.2) is 17.2 Å². The van der Waals surface area contributed by atoms with Gasteiger partial charge in [-0.2, -0.15) is 5.10 Å². The highest BCUT2D eigenvalue weighted by atomic mass is 32.1. The number of hydrogen-bond donors (Lipinski definition) is 2. The number of benzene rings is 1. The predicted octanol–water partition coefficient (Wildman–Crippen LogP) is 2.08. The molecule has 8 nitrogen and oxygen atoms in total. The molecule has 1 amide bonds. The second-order valence-electron chi connectivity index (χ2n) is 4.83. The SMILES string of the molecule is CCc1nc(N)sc1C(=O)NN=Cc1cc(OC)c(OC)cc1OC. The summed E-state index contributed by atoms with van der Waals surface area (Å²) in [5.74, 6) is 1.24. The predicted molar refractivity (Wildman–Crippen MR) is 97.1 cm³/mol. The Kier molecular flexibility index (Phi) is 6.18. The number of nitrogen functional groups attached to an aromatic ring is 1. The van der Waals surface area contributed by atoms with E-state index >= 15 is 0 Å².